The van der Waals surface area contributed by atoms with Crippen molar-refractivity contribution in [2.75, 3.05) is 39.0 Å². The molecule has 0 radical (unpaired) electrons. The first-order valence-electron chi connectivity index (χ1n) is 8.26. The van der Waals surface area contributed by atoms with Crippen molar-refractivity contribution in [3.05, 3.63) is 34.9 Å². The summed E-state index contributed by atoms with van der Waals surface area (Å²) in [4.78, 5) is 30.3. The molecule has 0 aliphatic carbocycles. The number of amides is 2. The fourth-order valence-corrected chi connectivity index (χ4v) is 4.86. The van der Waals surface area contributed by atoms with E-state index in [1.54, 1.807) is 4.90 Å². The summed E-state index contributed by atoms with van der Waals surface area (Å²) in [7, 11) is 2.14. The summed E-state index contributed by atoms with van der Waals surface area (Å²) >= 11 is 7.85. The minimum Gasteiger partial charge on any atom is -0.334 e. The fourth-order valence-electron chi connectivity index (χ4n) is 3.26. The Morgan fingerprint density at radius 3 is 2.67 bits per heavy atom. The third kappa shape index (κ3) is 3.41. The van der Waals surface area contributed by atoms with Crippen molar-refractivity contribution >= 4 is 35.2 Å². The second-order valence-corrected chi connectivity index (χ2v) is 7.92. The van der Waals surface area contributed by atoms with Crippen LogP contribution in [-0.4, -0.2) is 66.6 Å². The number of carbonyl (C=O) groups is 2. The monoisotopic (exact) mass is 368 g/mol. The molecular formula is C17H23ClN3O2S+. The molecule has 2 aliphatic rings. The standard InChI is InChI=1S/C17H22ClN3O2S/c1-12(16(23)20-9-7-19(2)8-10-20)21-15(22)11-24-17(21)13-5-3-4-6-14(13)18/h3-6,12,17H,7-11H2,1-2H3/p+1/t12-,17+/m0/s1. The van der Waals surface area contributed by atoms with E-state index in [1.165, 1.54) is 16.7 Å². The molecule has 2 saturated heterocycles. The molecule has 1 aromatic rings. The molecule has 5 nitrogen and oxygen atoms in total. The number of nitrogens with one attached hydrogen (secondary N) is 1. The van der Waals surface area contributed by atoms with Gasteiger partial charge in [0.1, 0.15) is 11.4 Å². The first kappa shape index (κ1) is 17.6. The summed E-state index contributed by atoms with van der Waals surface area (Å²) in [6.45, 7) is 5.24. The number of rotatable bonds is 3. The highest BCUT2D eigenvalue weighted by Crippen LogP contribution is 2.42. The first-order valence-corrected chi connectivity index (χ1v) is 9.69. The van der Waals surface area contributed by atoms with Gasteiger partial charge in [-0.25, -0.2) is 0 Å². The lowest BCUT2D eigenvalue weighted by molar-refractivity contribution is -0.883. The van der Waals surface area contributed by atoms with E-state index in [4.69, 9.17) is 11.6 Å². The molecule has 0 spiro atoms. The quantitative estimate of drug-likeness (QED) is 0.852. The van der Waals surface area contributed by atoms with E-state index >= 15 is 0 Å². The molecule has 1 N–H and O–H groups in total. The molecule has 2 heterocycles. The highest BCUT2D eigenvalue weighted by molar-refractivity contribution is 8.00. The Bertz CT molecular complexity index is 634. The molecule has 0 aromatic heterocycles. The molecule has 0 saturated carbocycles. The van der Waals surface area contributed by atoms with Gasteiger partial charge in [0.25, 0.3) is 0 Å². The normalized spacial score (nSPS) is 23.6. The Morgan fingerprint density at radius 2 is 2.00 bits per heavy atom. The predicted molar refractivity (Wildman–Crippen MR) is 96.2 cm³/mol. The number of piperazine rings is 1. The van der Waals surface area contributed by atoms with Crippen LogP contribution in [0.5, 0.6) is 0 Å². The Hall–Kier alpha value is -1.24. The van der Waals surface area contributed by atoms with Crippen LogP contribution in [0.3, 0.4) is 0 Å². The third-order valence-corrected chi connectivity index (χ3v) is 6.33. The van der Waals surface area contributed by atoms with Crippen LogP contribution in [0.4, 0.5) is 0 Å². The zero-order chi connectivity index (χ0) is 17.3. The van der Waals surface area contributed by atoms with Crippen molar-refractivity contribution in [2.45, 2.75) is 18.3 Å². The Morgan fingerprint density at radius 1 is 1.33 bits per heavy atom. The van der Waals surface area contributed by atoms with Crippen LogP contribution in [0, 0.1) is 0 Å². The van der Waals surface area contributed by atoms with Gasteiger partial charge in [-0.2, -0.15) is 0 Å². The van der Waals surface area contributed by atoms with Gasteiger partial charge in [0.05, 0.1) is 39.0 Å². The lowest BCUT2D eigenvalue weighted by Crippen LogP contribution is -3.12. The second kappa shape index (κ2) is 7.33. The smallest absolute Gasteiger partial charge is 0.245 e. The van der Waals surface area contributed by atoms with Gasteiger partial charge in [-0.15, -0.1) is 11.8 Å². The molecule has 1 aromatic carbocycles. The van der Waals surface area contributed by atoms with Gasteiger partial charge in [0, 0.05) is 10.6 Å². The summed E-state index contributed by atoms with van der Waals surface area (Å²) < 4.78 is 0. The molecule has 0 bridgehead atoms. The van der Waals surface area contributed by atoms with Gasteiger partial charge >= 0.3 is 0 Å². The number of thioether (sulfide) groups is 1. The molecular weight excluding hydrogens is 346 g/mol. The van der Waals surface area contributed by atoms with E-state index in [0.29, 0.717) is 10.8 Å². The van der Waals surface area contributed by atoms with Crippen molar-refractivity contribution in [3.63, 3.8) is 0 Å². The maximum absolute atomic E-state index is 12.9. The van der Waals surface area contributed by atoms with Crippen LogP contribution >= 0.6 is 23.4 Å². The Balaban J connectivity index is 1.79. The van der Waals surface area contributed by atoms with Crippen molar-refractivity contribution in [3.8, 4) is 0 Å². The highest BCUT2D eigenvalue weighted by Gasteiger charge is 2.41. The van der Waals surface area contributed by atoms with Crippen molar-refractivity contribution in [1.29, 1.82) is 0 Å². The first-order chi connectivity index (χ1) is 11.5. The minimum absolute atomic E-state index is 0.00511. The lowest BCUT2D eigenvalue weighted by atomic mass is 10.1. The van der Waals surface area contributed by atoms with Crippen LogP contribution in [0.1, 0.15) is 17.9 Å². The van der Waals surface area contributed by atoms with Gasteiger partial charge in [-0.1, -0.05) is 29.8 Å². The SMILES string of the molecule is C[C@@H](C(=O)N1CC[NH+](C)CC1)N1C(=O)CS[C@@H]1c1ccccc1Cl. The number of likely N-dealkylation sites (N-methyl/N-ethyl adjacent to an activating group) is 1. The average molecular weight is 369 g/mol. The van der Waals surface area contributed by atoms with Crippen molar-refractivity contribution < 1.29 is 14.5 Å². The largest absolute Gasteiger partial charge is 0.334 e. The number of quaternary nitrogens is 1. The van der Waals surface area contributed by atoms with Crippen LogP contribution < -0.4 is 4.90 Å². The summed E-state index contributed by atoms with van der Waals surface area (Å²) in [6, 6.07) is 7.08. The van der Waals surface area contributed by atoms with Crippen LogP contribution in [0.2, 0.25) is 5.02 Å². The highest BCUT2D eigenvalue weighted by atomic mass is 35.5. The molecule has 2 fully saturated rings. The number of halogens is 1. The van der Waals surface area contributed by atoms with Gasteiger partial charge in [0.15, 0.2) is 0 Å². The van der Waals surface area contributed by atoms with Gasteiger partial charge < -0.3 is 14.7 Å². The van der Waals surface area contributed by atoms with Crippen molar-refractivity contribution in [1.82, 2.24) is 9.80 Å². The molecule has 0 unspecified atom stereocenters. The van der Waals surface area contributed by atoms with Crippen molar-refractivity contribution in [2.24, 2.45) is 0 Å². The maximum atomic E-state index is 12.9. The number of nitrogens with zero attached hydrogens (tertiary/aromatic N) is 2. The summed E-state index contributed by atoms with van der Waals surface area (Å²) in [6.07, 6.45) is 0. The third-order valence-electron chi connectivity index (χ3n) is 4.78. The Kier molecular flexibility index (Phi) is 5.37. The Labute approximate surface area is 151 Å². The number of hydrogen-bond acceptors (Lipinski definition) is 3. The minimum atomic E-state index is -0.466. The molecule has 3 rings (SSSR count). The second-order valence-electron chi connectivity index (χ2n) is 6.44. The average Bonchev–Trinajstić information content (AvgIpc) is 2.96. The number of carbonyl (C=O) groups excluding carboxylic acids is 2. The zero-order valence-electron chi connectivity index (χ0n) is 14.0. The summed E-state index contributed by atoms with van der Waals surface area (Å²) in [5.41, 5.74) is 0.900. The zero-order valence-corrected chi connectivity index (χ0v) is 15.6. The molecule has 2 atom stereocenters. The van der Waals surface area contributed by atoms with E-state index in [2.05, 4.69) is 7.05 Å². The molecule has 2 amide bonds. The molecule has 24 heavy (non-hydrogen) atoms. The van der Waals surface area contributed by atoms with Crippen LogP contribution in [-0.2, 0) is 9.59 Å². The summed E-state index contributed by atoms with van der Waals surface area (Å²) in [5.74, 6) is 0.432. The van der Waals surface area contributed by atoms with Crippen LogP contribution in [0.15, 0.2) is 24.3 Å². The molecule has 130 valence electrons. The molecule has 7 heteroatoms. The van der Waals surface area contributed by atoms with Gasteiger partial charge in [-0.3, -0.25) is 9.59 Å². The number of benzene rings is 1. The fraction of sp³-hybridized carbons (Fsp3) is 0.529. The topological polar surface area (TPSA) is 45.1 Å². The molecule has 2 aliphatic heterocycles. The van der Waals surface area contributed by atoms with Gasteiger partial charge in [0.2, 0.25) is 11.8 Å². The number of hydrogen-bond donors (Lipinski definition) is 1. The predicted octanol–water partition coefficient (Wildman–Crippen LogP) is 0.659. The maximum Gasteiger partial charge on any atom is 0.245 e. The van der Waals surface area contributed by atoms with E-state index in [9.17, 15) is 9.59 Å². The van der Waals surface area contributed by atoms with Crippen LogP contribution in [0.25, 0.3) is 0 Å². The van der Waals surface area contributed by atoms with E-state index in [1.807, 2.05) is 36.1 Å². The van der Waals surface area contributed by atoms with Gasteiger partial charge in [-0.05, 0) is 13.0 Å². The van der Waals surface area contributed by atoms with E-state index in [0.717, 1.165) is 31.7 Å². The lowest BCUT2D eigenvalue weighted by Gasteiger charge is -2.36. The summed E-state index contributed by atoms with van der Waals surface area (Å²) in [5, 5.41) is 0.445. The van der Waals surface area contributed by atoms with E-state index in [-0.39, 0.29) is 17.2 Å². The van der Waals surface area contributed by atoms with E-state index < -0.39 is 6.04 Å².